The number of carbonyl (C=O) groups excluding carboxylic acids is 1. The van der Waals surface area contributed by atoms with Crippen LogP contribution in [0.5, 0.6) is 0 Å². The van der Waals surface area contributed by atoms with Crippen molar-refractivity contribution in [3.05, 3.63) is 0 Å². The van der Waals surface area contributed by atoms with Gasteiger partial charge in [0, 0.05) is 6.04 Å². The van der Waals surface area contributed by atoms with Crippen molar-refractivity contribution < 1.29 is 14.6 Å². The molecule has 0 aliphatic carbocycles. The molecule has 0 aromatic carbocycles. The van der Waals surface area contributed by atoms with Crippen molar-refractivity contribution in [2.75, 3.05) is 13.2 Å². The van der Waals surface area contributed by atoms with Crippen LogP contribution in [0.25, 0.3) is 0 Å². The van der Waals surface area contributed by atoms with Gasteiger partial charge in [0.25, 0.3) is 0 Å². The summed E-state index contributed by atoms with van der Waals surface area (Å²) < 4.78 is 4.97. The Morgan fingerprint density at radius 2 is 1.93 bits per heavy atom. The fraction of sp³-hybridized carbons (Fsp3) is 0.909. The normalized spacial score (nSPS) is 13.3. The number of aliphatic hydroxyl groups excluding tert-OH is 1. The molecule has 0 rings (SSSR count). The Bertz CT molecular complexity index is 181. The lowest BCUT2D eigenvalue weighted by Gasteiger charge is -2.18. The van der Waals surface area contributed by atoms with Crippen LogP contribution >= 0.6 is 0 Å². The Morgan fingerprint density at radius 3 is 2.33 bits per heavy atom. The van der Waals surface area contributed by atoms with E-state index in [4.69, 9.17) is 9.84 Å². The summed E-state index contributed by atoms with van der Waals surface area (Å²) in [5.41, 5.74) is 0. The van der Waals surface area contributed by atoms with Gasteiger partial charge in [0.2, 0.25) is 0 Å². The van der Waals surface area contributed by atoms with Gasteiger partial charge in [-0.05, 0) is 26.2 Å². The first-order valence-corrected chi connectivity index (χ1v) is 5.49. The topological polar surface area (TPSA) is 58.6 Å². The van der Waals surface area contributed by atoms with E-state index in [-0.39, 0.29) is 31.3 Å². The second-order valence-electron chi connectivity index (χ2n) is 4.43. The molecule has 0 aliphatic rings. The Balaban J connectivity index is 3.75. The van der Waals surface area contributed by atoms with Gasteiger partial charge in [0.15, 0.2) is 0 Å². The van der Waals surface area contributed by atoms with E-state index in [1.807, 2.05) is 13.8 Å². The van der Waals surface area contributed by atoms with E-state index in [1.165, 1.54) is 0 Å². The van der Waals surface area contributed by atoms with Gasteiger partial charge in [-0.15, -0.1) is 0 Å². The van der Waals surface area contributed by atoms with Crippen molar-refractivity contribution in [1.82, 2.24) is 5.32 Å². The van der Waals surface area contributed by atoms with Crippen LogP contribution in [0.3, 0.4) is 0 Å². The molecule has 90 valence electrons. The van der Waals surface area contributed by atoms with Crippen LogP contribution < -0.4 is 5.32 Å². The fourth-order valence-electron chi connectivity index (χ4n) is 1.32. The van der Waals surface area contributed by atoms with Crippen molar-refractivity contribution in [3.63, 3.8) is 0 Å². The second kappa shape index (κ2) is 7.65. The Kier molecular flexibility index (Phi) is 7.34. The van der Waals surface area contributed by atoms with Crippen LogP contribution in [0.2, 0.25) is 0 Å². The van der Waals surface area contributed by atoms with Crippen LogP contribution in [0.1, 0.15) is 34.1 Å². The number of esters is 1. The van der Waals surface area contributed by atoms with Crippen molar-refractivity contribution in [2.45, 2.75) is 46.3 Å². The molecule has 1 atom stereocenters. The zero-order valence-electron chi connectivity index (χ0n) is 10.1. The number of hydrogen-bond acceptors (Lipinski definition) is 4. The predicted octanol–water partition coefficient (Wildman–Crippen LogP) is 0.935. The van der Waals surface area contributed by atoms with Crippen LogP contribution in [0.15, 0.2) is 0 Å². The second-order valence-corrected chi connectivity index (χ2v) is 4.43. The van der Waals surface area contributed by atoms with E-state index < -0.39 is 0 Å². The van der Waals surface area contributed by atoms with Crippen molar-refractivity contribution in [1.29, 1.82) is 0 Å². The molecule has 0 aromatic rings. The Hall–Kier alpha value is -0.610. The fourth-order valence-corrected chi connectivity index (χ4v) is 1.32. The lowest BCUT2D eigenvalue weighted by atomic mass is 10.0. The molecule has 0 bridgehead atoms. The number of aliphatic hydroxyl groups is 1. The van der Waals surface area contributed by atoms with Crippen LogP contribution in [0.4, 0.5) is 0 Å². The maximum atomic E-state index is 11.2. The van der Waals surface area contributed by atoms with Gasteiger partial charge in [0.05, 0.1) is 19.3 Å². The van der Waals surface area contributed by atoms with Crippen molar-refractivity contribution in [2.24, 2.45) is 5.92 Å². The molecule has 0 saturated heterocycles. The van der Waals surface area contributed by atoms with Crippen molar-refractivity contribution >= 4 is 5.97 Å². The SMILES string of the molecule is CC(C)CC(CO)NCC(=O)OC(C)C. The van der Waals surface area contributed by atoms with Crippen molar-refractivity contribution in [3.8, 4) is 0 Å². The minimum Gasteiger partial charge on any atom is -0.462 e. The molecule has 0 fully saturated rings. The lowest BCUT2D eigenvalue weighted by Crippen LogP contribution is -2.38. The van der Waals surface area contributed by atoms with Gasteiger partial charge in [-0.3, -0.25) is 4.79 Å². The summed E-state index contributed by atoms with van der Waals surface area (Å²) in [6, 6.07) is -0.0234. The maximum absolute atomic E-state index is 11.2. The summed E-state index contributed by atoms with van der Waals surface area (Å²) in [7, 11) is 0. The molecule has 0 radical (unpaired) electrons. The van der Waals surface area contributed by atoms with Crippen LogP contribution in [0, 0.1) is 5.92 Å². The highest BCUT2D eigenvalue weighted by atomic mass is 16.5. The summed E-state index contributed by atoms with van der Waals surface area (Å²) in [6.45, 7) is 8.00. The number of ether oxygens (including phenoxy) is 1. The standard InChI is InChI=1S/C11H23NO3/c1-8(2)5-10(7-13)12-6-11(14)15-9(3)4/h8-10,12-13H,5-7H2,1-4H3. The van der Waals surface area contributed by atoms with Crippen LogP contribution in [-0.2, 0) is 9.53 Å². The summed E-state index contributed by atoms with van der Waals surface area (Å²) in [5.74, 6) is 0.225. The largest absolute Gasteiger partial charge is 0.462 e. The van der Waals surface area contributed by atoms with E-state index in [2.05, 4.69) is 19.2 Å². The molecule has 15 heavy (non-hydrogen) atoms. The molecule has 0 heterocycles. The minimum atomic E-state index is -0.271. The average Bonchev–Trinajstić information content (AvgIpc) is 2.10. The summed E-state index contributed by atoms with van der Waals surface area (Å²) in [4.78, 5) is 11.2. The quantitative estimate of drug-likeness (QED) is 0.623. The van der Waals surface area contributed by atoms with Crippen LogP contribution in [-0.4, -0.2) is 36.4 Å². The molecule has 4 nitrogen and oxygen atoms in total. The molecule has 2 N–H and O–H groups in total. The molecule has 0 aliphatic heterocycles. The van der Waals surface area contributed by atoms with Gasteiger partial charge >= 0.3 is 5.97 Å². The molecule has 0 aromatic heterocycles. The first-order valence-electron chi connectivity index (χ1n) is 5.49. The molecule has 0 amide bonds. The monoisotopic (exact) mass is 217 g/mol. The minimum absolute atomic E-state index is 0.0234. The van der Waals surface area contributed by atoms with E-state index in [1.54, 1.807) is 0 Å². The van der Waals surface area contributed by atoms with Gasteiger partial charge in [0.1, 0.15) is 0 Å². The molecular weight excluding hydrogens is 194 g/mol. The summed E-state index contributed by atoms with van der Waals surface area (Å²) in [6.07, 6.45) is 0.767. The number of nitrogens with one attached hydrogen (secondary N) is 1. The first-order chi connectivity index (χ1) is 6.95. The molecule has 0 spiro atoms. The Morgan fingerprint density at radius 1 is 1.33 bits per heavy atom. The van der Waals surface area contributed by atoms with Gasteiger partial charge in [-0.2, -0.15) is 0 Å². The smallest absolute Gasteiger partial charge is 0.320 e. The number of carbonyl (C=O) groups is 1. The van der Waals surface area contributed by atoms with Gasteiger partial charge in [-0.1, -0.05) is 13.8 Å². The zero-order valence-corrected chi connectivity index (χ0v) is 10.1. The third-order valence-electron chi connectivity index (χ3n) is 1.88. The third kappa shape index (κ3) is 8.39. The molecule has 1 unspecified atom stereocenters. The van der Waals surface area contributed by atoms with E-state index in [9.17, 15) is 4.79 Å². The highest BCUT2D eigenvalue weighted by Gasteiger charge is 2.12. The Labute approximate surface area is 92.0 Å². The van der Waals surface area contributed by atoms with Gasteiger partial charge < -0.3 is 15.2 Å². The van der Waals surface area contributed by atoms with Gasteiger partial charge in [-0.25, -0.2) is 0 Å². The summed E-state index contributed by atoms with van der Waals surface area (Å²) in [5, 5.41) is 12.0. The summed E-state index contributed by atoms with van der Waals surface area (Å²) >= 11 is 0. The predicted molar refractivity (Wildman–Crippen MR) is 59.6 cm³/mol. The average molecular weight is 217 g/mol. The number of hydrogen-bond donors (Lipinski definition) is 2. The number of rotatable bonds is 7. The third-order valence-corrected chi connectivity index (χ3v) is 1.88. The van der Waals surface area contributed by atoms with E-state index >= 15 is 0 Å². The lowest BCUT2D eigenvalue weighted by molar-refractivity contribution is -0.146. The van der Waals surface area contributed by atoms with E-state index in [0.717, 1.165) is 6.42 Å². The first kappa shape index (κ1) is 14.4. The highest BCUT2D eigenvalue weighted by Crippen LogP contribution is 2.03. The molecule has 0 saturated carbocycles. The molecule has 4 heteroatoms. The van der Waals surface area contributed by atoms with E-state index in [0.29, 0.717) is 5.92 Å². The highest BCUT2D eigenvalue weighted by molar-refractivity contribution is 5.71. The maximum Gasteiger partial charge on any atom is 0.320 e. The zero-order chi connectivity index (χ0) is 11.8. The molecular formula is C11H23NO3.